The highest BCUT2D eigenvalue weighted by molar-refractivity contribution is 6.50. The van der Waals surface area contributed by atoms with E-state index in [2.05, 4.69) is 46.9 Å². The van der Waals surface area contributed by atoms with Crippen LogP contribution < -0.4 is 5.32 Å². The third kappa shape index (κ3) is 5.49. The number of rotatable bonds is 11. The maximum Gasteiger partial charge on any atom is 0.463 e. The summed E-state index contributed by atoms with van der Waals surface area (Å²) in [7, 11) is 1.61. The van der Waals surface area contributed by atoms with Gasteiger partial charge in [0.2, 0.25) is 5.91 Å². The molecule has 0 saturated heterocycles. The first-order valence-electron chi connectivity index (χ1n) is 9.28. The highest BCUT2D eigenvalue weighted by Crippen LogP contribution is 2.68. The standard InChI is InChI=1S/C18H36BNO3/c1-8-15(6)20-17(21)11-10-14(5)16-12-18(16,9-2)19(22-7)23-13(3)4/h13-16H,8-12H2,1-7H3,(H,20,21)/t14-,15?,16+,18?/m0/s1. The van der Waals surface area contributed by atoms with Gasteiger partial charge in [-0.05, 0) is 51.9 Å². The van der Waals surface area contributed by atoms with Gasteiger partial charge in [0.15, 0.2) is 0 Å². The van der Waals surface area contributed by atoms with Gasteiger partial charge in [-0.2, -0.15) is 0 Å². The Balaban J connectivity index is 2.51. The van der Waals surface area contributed by atoms with Gasteiger partial charge in [-0.15, -0.1) is 0 Å². The first-order valence-corrected chi connectivity index (χ1v) is 9.28. The molecular weight excluding hydrogens is 289 g/mol. The first kappa shape index (κ1) is 20.5. The molecule has 0 aromatic heterocycles. The highest BCUT2D eigenvalue weighted by Gasteiger charge is 2.63. The van der Waals surface area contributed by atoms with Crippen molar-refractivity contribution in [2.45, 2.75) is 91.1 Å². The van der Waals surface area contributed by atoms with E-state index in [1.807, 2.05) is 0 Å². The Morgan fingerprint density at radius 2 is 1.96 bits per heavy atom. The minimum absolute atomic E-state index is 0.131. The predicted octanol–water partition coefficient (Wildman–Crippen LogP) is 4.05. The quantitative estimate of drug-likeness (QED) is 0.583. The SMILES string of the molecule is CCC(C)NC(=O)CC[C@H](C)[C@H]1CC1(CC)B(OC)OC(C)C. The summed E-state index contributed by atoms with van der Waals surface area (Å²) in [6.07, 6.45) is 4.90. The van der Waals surface area contributed by atoms with E-state index in [-0.39, 0.29) is 30.5 Å². The summed E-state index contributed by atoms with van der Waals surface area (Å²) in [6, 6.07) is 0.269. The fraction of sp³-hybridized carbons (Fsp3) is 0.944. The fourth-order valence-corrected chi connectivity index (χ4v) is 3.64. The number of hydrogen-bond donors (Lipinski definition) is 1. The smallest absolute Gasteiger partial charge is 0.414 e. The lowest BCUT2D eigenvalue weighted by Gasteiger charge is -2.25. The summed E-state index contributed by atoms with van der Waals surface area (Å²) in [5.74, 6) is 1.29. The van der Waals surface area contributed by atoms with Crippen molar-refractivity contribution in [3.05, 3.63) is 0 Å². The monoisotopic (exact) mass is 325 g/mol. The second-order valence-corrected chi connectivity index (χ2v) is 7.54. The van der Waals surface area contributed by atoms with Crippen molar-refractivity contribution in [1.29, 1.82) is 0 Å². The summed E-state index contributed by atoms with van der Waals surface area (Å²) in [6.45, 7) is 12.7. The molecule has 1 rings (SSSR count). The molecular formula is C18H36BNO3. The van der Waals surface area contributed by atoms with Crippen LogP contribution in [0.1, 0.15) is 73.6 Å². The number of carbonyl (C=O) groups is 1. The third-order valence-electron chi connectivity index (χ3n) is 5.45. The molecule has 0 spiro atoms. The zero-order valence-electron chi connectivity index (χ0n) is 16.1. The van der Waals surface area contributed by atoms with Crippen LogP contribution in [0.25, 0.3) is 0 Å². The minimum Gasteiger partial charge on any atom is -0.414 e. The van der Waals surface area contributed by atoms with Gasteiger partial charge in [-0.25, -0.2) is 0 Å². The lowest BCUT2D eigenvalue weighted by Crippen LogP contribution is -2.34. The van der Waals surface area contributed by atoms with Crippen molar-refractivity contribution in [2.24, 2.45) is 11.8 Å². The lowest BCUT2D eigenvalue weighted by atomic mass is 9.63. The van der Waals surface area contributed by atoms with E-state index in [4.69, 9.17) is 9.31 Å². The highest BCUT2D eigenvalue weighted by atomic mass is 16.6. The third-order valence-corrected chi connectivity index (χ3v) is 5.45. The van der Waals surface area contributed by atoms with Crippen molar-refractivity contribution < 1.29 is 14.1 Å². The summed E-state index contributed by atoms with van der Waals surface area (Å²) in [4.78, 5) is 12.0. The molecule has 1 aliphatic rings. The maximum atomic E-state index is 12.0. The van der Waals surface area contributed by atoms with Crippen LogP contribution in [0.5, 0.6) is 0 Å². The largest absolute Gasteiger partial charge is 0.463 e. The molecule has 23 heavy (non-hydrogen) atoms. The van der Waals surface area contributed by atoms with E-state index < -0.39 is 0 Å². The van der Waals surface area contributed by atoms with Gasteiger partial charge < -0.3 is 14.6 Å². The van der Waals surface area contributed by atoms with Crippen molar-refractivity contribution in [3.63, 3.8) is 0 Å². The second kappa shape index (κ2) is 9.07. The van der Waals surface area contributed by atoms with Crippen molar-refractivity contribution in [3.8, 4) is 0 Å². The Morgan fingerprint density at radius 1 is 1.30 bits per heavy atom. The van der Waals surface area contributed by atoms with E-state index in [1.165, 1.54) is 0 Å². The Kier molecular flexibility index (Phi) is 8.09. The lowest BCUT2D eigenvalue weighted by molar-refractivity contribution is -0.122. The molecule has 0 aromatic rings. The summed E-state index contributed by atoms with van der Waals surface area (Å²) in [5.41, 5.74) is 0. The van der Waals surface area contributed by atoms with Crippen LogP contribution in [0.2, 0.25) is 5.31 Å². The molecule has 1 amide bonds. The summed E-state index contributed by atoms with van der Waals surface area (Å²) in [5, 5.41) is 3.18. The van der Waals surface area contributed by atoms with Crippen LogP contribution >= 0.6 is 0 Å². The van der Waals surface area contributed by atoms with Crippen LogP contribution in [0.15, 0.2) is 0 Å². The zero-order valence-corrected chi connectivity index (χ0v) is 16.1. The normalized spacial score (nSPS) is 26.0. The molecule has 0 radical (unpaired) electrons. The Labute approximate surface area is 143 Å². The van der Waals surface area contributed by atoms with Crippen molar-refractivity contribution in [2.75, 3.05) is 7.11 Å². The van der Waals surface area contributed by atoms with Crippen LogP contribution in [0.3, 0.4) is 0 Å². The number of nitrogens with one attached hydrogen (secondary N) is 1. The zero-order chi connectivity index (χ0) is 17.6. The Bertz CT molecular complexity index is 377. The van der Waals surface area contributed by atoms with Gasteiger partial charge in [0.05, 0.1) is 0 Å². The van der Waals surface area contributed by atoms with Gasteiger partial charge in [0.1, 0.15) is 0 Å². The molecule has 0 bridgehead atoms. The summed E-state index contributed by atoms with van der Waals surface area (Å²) < 4.78 is 11.6. The molecule has 1 fully saturated rings. The molecule has 0 aliphatic heterocycles. The van der Waals surface area contributed by atoms with Crippen LogP contribution in [0, 0.1) is 11.8 Å². The molecule has 4 nitrogen and oxygen atoms in total. The number of carbonyl (C=O) groups excluding carboxylic acids is 1. The molecule has 0 aromatic carbocycles. The molecule has 2 unspecified atom stereocenters. The van der Waals surface area contributed by atoms with E-state index in [1.54, 1.807) is 7.11 Å². The number of hydrogen-bond acceptors (Lipinski definition) is 3. The van der Waals surface area contributed by atoms with Gasteiger partial charge in [0, 0.05) is 31.0 Å². The van der Waals surface area contributed by atoms with Crippen LogP contribution in [-0.2, 0) is 14.1 Å². The molecule has 0 heterocycles. The predicted molar refractivity (Wildman–Crippen MR) is 96.4 cm³/mol. The summed E-state index contributed by atoms with van der Waals surface area (Å²) >= 11 is 0. The van der Waals surface area contributed by atoms with Gasteiger partial charge >= 0.3 is 7.12 Å². The van der Waals surface area contributed by atoms with Gasteiger partial charge in [-0.3, -0.25) is 4.79 Å². The second-order valence-electron chi connectivity index (χ2n) is 7.54. The molecule has 134 valence electrons. The molecule has 1 saturated carbocycles. The number of amides is 1. The molecule has 1 N–H and O–H groups in total. The molecule has 1 aliphatic carbocycles. The average molecular weight is 325 g/mol. The fourth-order valence-electron chi connectivity index (χ4n) is 3.64. The average Bonchev–Trinajstić information content (AvgIpc) is 3.25. The van der Waals surface area contributed by atoms with Gasteiger partial charge in [0.25, 0.3) is 0 Å². The Morgan fingerprint density at radius 3 is 2.43 bits per heavy atom. The van der Waals surface area contributed by atoms with Crippen LogP contribution in [-0.4, -0.2) is 32.3 Å². The van der Waals surface area contributed by atoms with E-state index in [0.29, 0.717) is 18.3 Å². The minimum atomic E-state index is -0.131. The van der Waals surface area contributed by atoms with Crippen molar-refractivity contribution in [1.82, 2.24) is 5.32 Å². The van der Waals surface area contributed by atoms with Crippen LogP contribution in [0.4, 0.5) is 0 Å². The van der Waals surface area contributed by atoms with Gasteiger partial charge in [-0.1, -0.05) is 27.2 Å². The van der Waals surface area contributed by atoms with Crippen molar-refractivity contribution >= 4 is 13.0 Å². The Hall–Kier alpha value is -0.545. The molecule has 5 heteroatoms. The van der Waals surface area contributed by atoms with E-state index in [0.717, 1.165) is 25.7 Å². The topological polar surface area (TPSA) is 47.6 Å². The van der Waals surface area contributed by atoms with E-state index in [9.17, 15) is 4.79 Å². The first-order chi connectivity index (χ1) is 10.8. The maximum absolute atomic E-state index is 12.0. The van der Waals surface area contributed by atoms with E-state index >= 15 is 0 Å². The molecule has 4 atom stereocenters.